The molecule has 0 amide bonds. The predicted octanol–water partition coefficient (Wildman–Crippen LogP) is -0.0378. The van der Waals surface area contributed by atoms with Crippen molar-refractivity contribution in [2.45, 2.75) is 24.3 Å². The number of piperazine rings is 1. The molecule has 5 nitrogen and oxygen atoms in total. The summed E-state index contributed by atoms with van der Waals surface area (Å²) in [6, 6.07) is 0. The van der Waals surface area contributed by atoms with Gasteiger partial charge in [-0.25, -0.2) is 0 Å². The van der Waals surface area contributed by atoms with Crippen LogP contribution in [0.4, 0.5) is 0 Å². The van der Waals surface area contributed by atoms with Crippen LogP contribution in [0.5, 0.6) is 0 Å². The Hall–Kier alpha value is 0.180. The van der Waals surface area contributed by atoms with Gasteiger partial charge in [-0.3, -0.25) is 0 Å². The van der Waals surface area contributed by atoms with E-state index in [9.17, 15) is 8.42 Å². The second-order valence-electron chi connectivity index (χ2n) is 4.73. The van der Waals surface area contributed by atoms with E-state index in [2.05, 4.69) is 19.2 Å². The van der Waals surface area contributed by atoms with Gasteiger partial charge in [0.25, 0.3) is 10.2 Å². The van der Waals surface area contributed by atoms with E-state index in [1.165, 1.54) is 0 Å². The smallest absolute Gasteiger partial charge is 0.282 e. The maximum Gasteiger partial charge on any atom is 0.282 e. The van der Waals surface area contributed by atoms with Crippen molar-refractivity contribution in [2.24, 2.45) is 0 Å². The fraction of sp³-hybridized carbons (Fsp3) is 1.00. The number of rotatable bonds is 2. The molecule has 0 aromatic heterocycles. The molecule has 0 spiro atoms. The molecular formula is C10H21N3O2S2. The first-order valence-electron chi connectivity index (χ1n) is 6.11. The molecule has 0 aliphatic carbocycles. The van der Waals surface area contributed by atoms with Crippen LogP contribution in [0.25, 0.3) is 0 Å². The van der Waals surface area contributed by atoms with Crippen molar-refractivity contribution in [3.8, 4) is 0 Å². The van der Waals surface area contributed by atoms with Crippen molar-refractivity contribution < 1.29 is 8.42 Å². The Kier molecular flexibility index (Phi) is 4.35. The Morgan fingerprint density at radius 1 is 1.06 bits per heavy atom. The van der Waals surface area contributed by atoms with E-state index in [0.717, 1.165) is 13.1 Å². The highest BCUT2D eigenvalue weighted by molar-refractivity contribution is 8.00. The van der Waals surface area contributed by atoms with E-state index >= 15 is 0 Å². The molecule has 2 fully saturated rings. The van der Waals surface area contributed by atoms with Crippen LogP contribution in [0.3, 0.4) is 0 Å². The monoisotopic (exact) mass is 279 g/mol. The van der Waals surface area contributed by atoms with Crippen LogP contribution in [-0.4, -0.2) is 66.8 Å². The summed E-state index contributed by atoms with van der Waals surface area (Å²) in [5.41, 5.74) is 0. The van der Waals surface area contributed by atoms with Crippen molar-refractivity contribution >= 4 is 22.0 Å². The van der Waals surface area contributed by atoms with Crippen molar-refractivity contribution in [3.05, 3.63) is 0 Å². The van der Waals surface area contributed by atoms with E-state index in [1.807, 2.05) is 11.8 Å². The van der Waals surface area contributed by atoms with Crippen LogP contribution < -0.4 is 5.32 Å². The van der Waals surface area contributed by atoms with Gasteiger partial charge in [0, 0.05) is 49.8 Å². The Labute approximate surface area is 108 Å². The first-order chi connectivity index (χ1) is 8.00. The summed E-state index contributed by atoms with van der Waals surface area (Å²) in [6.07, 6.45) is 0. The van der Waals surface area contributed by atoms with Gasteiger partial charge in [-0.2, -0.15) is 28.8 Å². The average molecular weight is 279 g/mol. The minimum Gasteiger partial charge on any atom is -0.314 e. The maximum absolute atomic E-state index is 12.4. The number of hydrogen-bond acceptors (Lipinski definition) is 4. The minimum absolute atomic E-state index is 0.386. The van der Waals surface area contributed by atoms with Crippen LogP contribution in [-0.2, 0) is 10.2 Å². The van der Waals surface area contributed by atoms with Gasteiger partial charge < -0.3 is 5.32 Å². The van der Waals surface area contributed by atoms with Crippen molar-refractivity contribution in [3.63, 3.8) is 0 Å². The molecule has 1 N–H and O–H groups in total. The summed E-state index contributed by atoms with van der Waals surface area (Å²) in [5.74, 6) is 0. The van der Waals surface area contributed by atoms with Crippen molar-refractivity contribution in [2.75, 3.05) is 39.3 Å². The number of thioether (sulfide) groups is 1. The Morgan fingerprint density at radius 2 is 1.59 bits per heavy atom. The molecule has 2 unspecified atom stereocenters. The standard InChI is InChI=1S/C10H21N3O2S2/c1-9-7-13(8-10(2)16-9)17(14,15)12-5-3-11-4-6-12/h9-11H,3-8H2,1-2H3. The van der Waals surface area contributed by atoms with Gasteiger partial charge in [0.05, 0.1) is 0 Å². The summed E-state index contributed by atoms with van der Waals surface area (Å²) in [5, 5.41) is 3.95. The molecule has 2 atom stereocenters. The molecule has 0 saturated carbocycles. The second-order valence-corrected chi connectivity index (χ2v) is 8.54. The van der Waals surface area contributed by atoms with Gasteiger partial charge in [0.1, 0.15) is 0 Å². The van der Waals surface area contributed by atoms with Gasteiger partial charge in [-0.15, -0.1) is 0 Å². The van der Waals surface area contributed by atoms with E-state index < -0.39 is 10.2 Å². The normalized spacial score (nSPS) is 33.8. The van der Waals surface area contributed by atoms with Gasteiger partial charge in [0.15, 0.2) is 0 Å². The Bertz CT molecular complexity index is 345. The summed E-state index contributed by atoms with van der Waals surface area (Å²) in [7, 11) is -3.24. The number of hydrogen-bond donors (Lipinski definition) is 1. The summed E-state index contributed by atoms with van der Waals surface area (Å²) in [6.45, 7) is 8.17. The lowest BCUT2D eigenvalue weighted by Gasteiger charge is -2.38. The highest BCUT2D eigenvalue weighted by Gasteiger charge is 2.35. The van der Waals surface area contributed by atoms with E-state index in [4.69, 9.17) is 0 Å². The zero-order valence-electron chi connectivity index (χ0n) is 10.4. The van der Waals surface area contributed by atoms with E-state index in [0.29, 0.717) is 36.7 Å². The average Bonchev–Trinajstić information content (AvgIpc) is 2.29. The van der Waals surface area contributed by atoms with Crippen molar-refractivity contribution in [1.82, 2.24) is 13.9 Å². The molecule has 0 aromatic rings. The van der Waals surface area contributed by atoms with Crippen LogP contribution in [0.2, 0.25) is 0 Å². The third kappa shape index (κ3) is 3.14. The third-order valence-corrected chi connectivity index (χ3v) is 6.31. The Morgan fingerprint density at radius 3 is 2.12 bits per heavy atom. The topological polar surface area (TPSA) is 52.7 Å². The van der Waals surface area contributed by atoms with E-state index in [-0.39, 0.29) is 0 Å². The molecule has 2 aliphatic rings. The highest BCUT2D eigenvalue weighted by Crippen LogP contribution is 2.27. The molecular weight excluding hydrogens is 258 g/mol. The molecule has 0 bridgehead atoms. The molecule has 2 aliphatic heterocycles. The van der Waals surface area contributed by atoms with Gasteiger partial charge in [0.2, 0.25) is 0 Å². The highest BCUT2D eigenvalue weighted by atomic mass is 32.2. The molecule has 100 valence electrons. The lowest BCUT2D eigenvalue weighted by atomic mass is 10.4. The lowest BCUT2D eigenvalue weighted by molar-refractivity contribution is 0.309. The van der Waals surface area contributed by atoms with Gasteiger partial charge >= 0.3 is 0 Å². The minimum atomic E-state index is -3.24. The second kappa shape index (κ2) is 5.44. The summed E-state index contributed by atoms with van der Waals surface area (Å²) < 4.78 is 28.2. The first kappa shape index (κ1) is 13.6. The fourth-order valence-corrected chi connectivity index (χ4v) is 5.67. The van der Waals surface area contributed by atoms with Crippen LogP contribution in [0.15, 0.2) is 0 Å². The summed E-state index contributed by atoms with van der Waals surface area (Å²) in [4.78, 5) is 0. The maximum atomic E-state index is 12.4. The first-order valence-corrected chi connectivity index (χ1v) is 8.45. The van der Waals surface area contributed by atoms with Gasteiger partial charge in [-0.05, 0) is 0 Å². The third-order valence-electron chi connectivity index (χ3n) is 3.11. The molecule has 2 heterocycles. The zero-order valence-corrected chi connectivity index (χ0v) is 12.1. The zero-order chi connectivity index (χ0) is 12.5. The number of nitrogens with zero attached hydrogens (tertiary/aromatic N) is 2. The van der Waals surface area contributed by atoms with E-state index in [1.54, 1.807) is 8.61 Å². The van der Waals surface area contributed by atoms with Gasteiger partial charge in [-0.1, -0.05) is 13.8 Å². The van der Waals surface area contributed by atoms with Crippen LogP contribution in [0.1, 0.15) is 13.8 Å². The summed E-state index contributed by atoms with van der Waals surface area (Å²) >= 11 is 1.87. The van der Waals surface area contributed by atoms with Crippen LogP contribution in [0, 0.1) is 0 Å². The lowest BCUT2D eigenvalue weighted by Crippen LogP contribution is -2.55. The fourth-order valence-electron chi connectivity index (χ4n) is 2.36. The van der Waals surface area contributed by atoms with Crippen molar-refractivity contribution in [1.29, 1.82) is 0 Å². The molecule has 2 saturated heterocycles. The molecule has 17 heavy (non-hydrogen) atoms. The molecule has 0 radical (unpaired) electrons. The Balaban J connectivity index is 2.08. The predicted molar refractivity (Wildman–Crippen MR) is 71.5 cm³/mol. The molecule has 7 heteroatoms. The largest absolute Gasteiger partial charge is 0.314 e. The molecule has 0 aromatic carbocycles. The quantitative estimate of drug-likeness (QED) is 0.771. The SMILES string of the molecule is CC1CN(S(=O)(=O)N2CCNCC2)CC(C)S1. The molecule has 2 rings (SSSR count). The van der Waals surface area contributed by atoms with Crippen LogP contribution >= 0.6 is 11.8 Å². The number of nitrogens with one attached hydrogen (secondary N) is 1.